The fraction of sp³-hybridized carbons (Fsp3) is 0.383. The molecule has 64 heavy (non-hydrogen) atoms. The molecule has 6 aromatic rings. The molecule has 2 aliphatic carbocycles. The summed E-state index contributed by atoms with van der Waals surface area (Å²) >= 11 is 6.26. The van der Waals surface area contributed by atoms with E-state index in [2.05, 4.69) is 55.6 Å². The minimum absolute atomic E-state index is 0.0504. The molecule has 15 nitrogen and oxygen atoms in total. The van der Waals surface area contributed by atoms with Crippen LogP contribution in [0.25, 0.3) is 33.3 Å². The van der Waals surface area contributed by atoms with Gasteiger partial charge < -0.3 is 14.7 Å². The number of benzene rings is 3. The Balaban J connectivity index is 0.970. The summed E-state index contributed by atoms with van der Waals surface area (Å²) in [5.74, 6) is -0.884. The number of aliphatic hydroxyl groups is 1. The number of anilines is 1. The summed E-state index contributed by atoms with van der Waals surface area (Å²) in [6.45, 7) is 8.85. The number of fused-ring (bicyclic) bond motifs is 2. The molecule has 0 radical (unpaired) electrons. The average Bonchev–Trinajstić information content (AvgIpc) is 3.92. The molecule has 0 bridgehead atoms. The van der Waals surface area contributed by atoms with Crippen molar-refractivity contribution in [1.29, 1.82) is 0 Å². The van der Waals surface area contributed by atoms with Crippen molar-refractivity contribution >= 4 is 66.5 Å². The number of amides is 1. The van der Waals surface area contributed by atoms with Crippen molar-refractivity contribution in [2.75, 3.05) is 44.2 Å². The van der Waals surface area contributed by atoms with Gasteiger partial charge in [0.2, 0.25) is 0 Å². The molecule has 17 heteroatoms. The van der Waals surface area contributed by atoms with E-state index >= 15 is 0 Å². The summed E-state index contributed by atoms with van der Waals surface area (Å²) < 4.78 is 37.3. The second kappa shape index (κ2) is 17.6. The van der Waals surface area contributed by atoms with Gasteiger partial charge in [-0.25, -0.2) is 23.1 Å². The summed E-state index contributed by atoms with van der Waals surface area (Å²) in [6, 6.07) is 20.6. The SMILES string of the molecule is CC1(C)CCC(CN2CCN(c3ccc(C(=O)NS(=O)(=O)c4ccc(OCC5CCC(O)CC5)c([N+](=O)[O-])c4)c(-n4[nH]cc5nc6nccc6cc54)c3)CC2)=C(c2ccc(Cl)cc2)C1. The Morgan fingerprint density at radius 2 is 1.78 bits per heavy atom. The molecule has 3 aliphatic rings. The van der Waals surface area contributed by atoms with Crippen LogP contribution in [0.1, 0.15) is 74.7 Å². The first-order valence-electron chi connectivity index (χ1n) is 21.8. The molecule has 1 amide bonds. The zero-order chi connectivity index (χ0) is 44.8. The third-order valence-corrected chi connectivity index (χ3v) is 14.6. The molecule has 0 unspecified atom stereocenters. The molecule has 1 aliphatic heterocycles. The number of carbonyl (C=O) groups is 1. The van der Waals surface area contributed by atoms with Gasteiger partial charge in [0.05, 0.1) is 39.3 Å². The Kier molecular flexibility index (Phi) is 12.0. The number of aliphatic hydroxyl groups excluding tert-OH is 1. The molecule has 334 valence electrons. The van der Waals surface area contributed by atoms with Crippen LogP contribution in [0.5, 0.6) is 5.75 Å². The molecule has 0 atom stereocenters. The van der Waals surface area contributed by atoms with E-state index < -0.39 is 31.4 Å². The number of nitro benzene ring substituents is 1. The molecule has 1 saturated carbocycles. The van der Waals surface area contributed by atoms with Gasteiger partial charge in [0.1, 0.15) is 5.52 Å². The highest BCUT2D eigenvalue weighted by Crippen LogP contribution is 2.43. The van der Waals surface area contributed by atoms with E-state index in [0.29, 0.717) is 35.2 Å². The predicted octanol–water partition coefficient (Wildman–Crippen LogP) is 8.30. The van der Waals surface area contributed by atoms with Crippen LogP contribution in [0.3, 0.4) is 0 Å². The van der Waals surface area contributed by atoms with Gasteiger partial charge >= 0.3 is 5.69 Å². The van der Waals surface area contributed by atoms with Crippen LogP contribution in [0.4, 0.5) is 11.4 Å². The number of nitro groups is 1. The number of sulfonamides is 1. The van der Waals surface area contributed by atoms with Gasteiger partial charge in [0.15, 0.2) is 11.4 Å². The Labute approximate surface area is 376 Å². The molecular formula is C47H51ClN8O7S. The van der Waals surface area contributed by atoms with E-state index in [1.807, 2.05) is 36.4 Å². The van der Waals surface area contributed by atoms with Gasteiger partial charge in [-0.1, -0.05) is 43.2 Å². The van der Waals surface area contributed by atoms with Crippen LogP contribution < -0.4 is 14.4 Å². The summed E-state index contributed by atoms with van der Waals surface area (Å²) in [5, 5.41) is 26.7. The summed E-state index contributed by atoms with van der Waals surface area (Å²) in [4.78, 5) is 38.9. The monoisotopic (exact) mass is 906 g/mol. The number of nitrogens with one attached hydrogen (secondary N) is 2. The number of nitrogens with zero attached hydrogens (tertiary/aromatic N) is 6. The number of halogens is 1. The fourth-order valence-corrected chi connectivity index (χ4v) is 10.4. The lowest BCUT2D eigenvalue weighted by atomic mass is 9.72. The summed E-state index contributed by atoms with van der Waals surface area (Å²) in [5.41, 5.74) is 6.89. The van der Waals surface area contributed by atoms with Crippen LogP contribution in [0, 0.1) is 21.4 Å². The smallest absolute Gasteiger partial charge is 0.312 e. The number of aromatic amines is 1. The van der Waals surface area contributed by atoms with Crippen molar-refractivity contribution in [2.45, 2.75) is 69.8 Å². The van der Waals surface area contributed by atoms with Crippen LogP contribution in [-0.4, -0.2) is 94.4 Å². The topological polar surface area (TPSA) is 189 Å². The normalized spacial score (nSPS) is 19.6. The third kappa shape index (κ3) is 9.23. The number of rotatable bonds is 12. The molecular weight excluding hydrogens is 856 g/mol. The zero-order valence-electron chi connectivity index (χ0n) is 35.8. The zero-order valence-corrected chi connectivity index (χ0v) is 37.4. The van der Waals surface area contributed by atoms with Crippen LogP contribution in [0.2, 0.25) is 5.02 Å². The number of aromatic nitrogens is 4. The number of carbonyl (C=O) groups excluding carboxylic acids is 1. The molecule has 3 aromatic carbocycles. The largest absolute Gasteiger partial charge is 0.487 e. The van der Waals surface area contributed by atoms with Gasteiger partial charge in [-0.05, 0) is 122 Å². The minimum atomic E-state index is -4.60. The van der Waals surface area contributed by atoms with Crippen molar-refractivity contribution in [2.24, 2.45) is 11.3 Å². The highest BCUT2D eigenvalue weighted by Gasteiger charge is 2.31. The molecule has 0 spiro atoms. The van der Waals surface area contributed by atoms with E-state index in [1.54, 1.807) is 23.1 Å². The van der Waals surface area contributed by atoms with Gasteiger partial charge in [-0.15, -0.1) is 0 Å². The first-order valence-corrected chi connectivity index (χ1v) is 23.6. The predicted molar refractivity (Wildman–Crippen MR) is 247 cm³/mol. The van der Waals surface area contributed by atoms with E-state index in [0.717, 1.165) is 87.0 Å². The number of pyridine rings is 1. The summed E-state index contributed by atoms with van der Waals surface area (Å²) in [7, 11) is -4.60. The molecule has 9 rings (SSSR count). The quantitative estimate of drug-likeness (QED) is 0.0792. The second-order valence-corrected chi connectivity index (χ2v) is 20.2. The first-order chi connectivity index (χ1) is 30.7. The maximum atomic E-state index is 14.2. The molecule has 4 heterocycles. The number of ether oxygens (including phenoxy) is 1. The van der Waals surface area contributed by atoms with Crippen molar-refractivity contribution in [3.05, 3.63) is 117 Å². The molecule has 3 aromatic heterocycles. The number of piperazine rings is 1. The Morgan fingerprint density at radius 1 is 1.02 bits per heavy atom. The van der Waals surface area contributed by atoms with Crippen molar-refractivity contribution in [3.8, 4) is 11.4 Å². The van der Waals surface area contributed by atoms with Gasteiger partial charge in [-0.2, -0.15) is 0 Å². The Hall–Kier alpha value is -5.81. The second-order valence-electron chi connectivity index (χ2n) is 18.1. The van der Waals surface area contributed by atoms with Crippen molar-refractivity contribution in [1.82, 2.24) is 29.4 Å². The maximum Gasteiger partial charge on any atom is 0.312 e. The van der Waals surface area contributed by atoms with E-state index in [1.165, 1.54) is 28.8 Å². The number of allylic oxidation sites excluding steroid dienone is 1. The number of hydrogen-bond donors (Lipinski definition) is 3. The van der Waals surface area contributed by atoms with Crippen LogP contribution in [0.15, 0.2) is 95.7 Å². The fourth-order valence-electron chi connectivity index (χ4n) is 9.29. The third-order valence-electron chi connectivity index (χ3n) is 13.0. The Bertz CT molecular complexity index is 2880. The number of hydrogen-bond acceptors (Lipinski definition) is 11. The first kappa shape index (κ1) is 43.4. The number of H-pyrrole nitrogens is 1. The van der Waals surface area contributed by atoms with E-state index in [4.69, 9.17) is 16.3 Å². The van der Waals surface area contributed by atoms with E-state index in [-0.39, 0.29) is 35.4 Å². The highest BCUT2D eigenvalue weighted by molar-refractivity contribution is 7.90. The van der Waals surface area contributed by atoms with Crippen LogP contribution >= 0.6 is 11.6 Å². The van der Waals surface area contributed by atoms with Crippen molar-refractivity contribution in [3.63, 3.8) is 0 Å². The van der Waals surface area contributed by atoms with Crippen molar-refractivity contribution < 1.29 is 28.0 Å². The van der Waals surface area contributed by atoms with E-state index in [9.17, 15) is 28.4 Å². The van der Waals surface area contributed by atoms with Crippen LogP contribution in [-0.2, 0) is 10.0 Å². The molecule has 2 fully saturated rings. The Morgan fingerprint density at radius 3 is 2.53 bits per heavy atom. The van der Waals surface area contributed by atoms with Gasteiger partial charge in [-0.3, -0.25) is 29.6 Å². The minimum Gasteiger partial charge on any atom is -0.487 e. The maximum absolute atomic E-state index is 14.2. The average molecular weight is 907 g/mol. The summed E-state index contributed by atoms with van der Waals surface area (Å²) in [6.07, 6.45) is 8.91. The lowest BCUT2D eigenvalue weighted by Gasteiger charge is -2.39. The standard InChI is InChI=1S/C47H51ClN8O7S/c1-47(2)17-15-33(39(26-47)31-5-7-34(48)8-6-31)28-53-19-21-54(22-20-53)35-9-13-38(41(24-35)55-42-23-32-16-18-49-45(32)51-40(42)27-50-55)46(58)52-64(61,62)37-12-14-44(43(25-37)56(59)60)63-29-30-3-10-36(57)11-4-30/h5-9,12-14,16,18,23-25,27,30,36,50,57H,3-4,10-11,15,17,19-22,26,28-29H2,1-2H3,(H,52,58). The lowest BCUT2D eigenvalue weighted by molar-refractivity contribution is -0.386. The highest BCUT2D eigenvalue weighted by atomic mass is 35.5. The lowest BCUT2D eigenvalue weighted by Crippen LogP contribution is -2.47. The van der Waals surface area contributed by atoms with Gasteiger partial charge in [0, 0.05) is 67.3 Å². The van der Waals surface area contributed by atoms with Gasteiger partial charge in [0.25, 0.3) is 15.9 Å². The molecule has 3 N–H and O–H groups in total. The molecule has 1 saturated heterocycles.